The van der Waals surface area contributed by atoms with Crippen molar-refractivity contribution in [2.75, 3.05) is 6.26 Å². The van der Waals surface area contributed by atoms with Crippen LogP contribution in [0.5, 0.6) is 0 Å². The Morgan fingerprint density at radius 2 is 1.78 bits per heavy atom. The standard InChI is InChI=1S/C18H12Cl2F4O2S/c1-27-15-6-9(2-4-11(15)17(25)26)3-5-12(18(22,23)24)10-7-13(19)16(21)14(20)8-10/h2,4-8H,3H2,1H3,(H,25,26). The van der Waals surface area contributed by atoms with Crippen LogP contribution < -0.4 is 0 Å². The van der Waals surface area contributed by atoms with Gasteiger partial charge in [-0.3, -0.25) is 0 Å². The lowest BCUT2D eigenvalue weighted by Gasteiger charge is -2.14. The molecule has 0 heterocycles. The molecule has 0 aliphatic rings. The van der Waals surface area contributed by atoms with Gasteiger partial charge in [0.15, 0.2) is 5.82 Å². The number of aromatic carboxylic acids is 1. The van der Waals surface area contributed by atoms with E-state index in [1.165, 1.54) is 30.0 Å². The molecule has 0 unspecified atom stereocenters. The van der Waals surface area contributed by atoms with Crippen LogP contribution in [0.3, 0.4) is 0 Å². The molecule has 0 saturated carbocycles. The molecule has 0 radical (unpaired) electrons. The van der Waals surface area contributed by atoms with E-state index in [1.54, 1.807) is 6.26 Å². The van der Waals surface area contributed by atoms with Crippen molar-refractivity contribution in [2.24, 2.45) is 0 Å². The molecule has 0 amide bonds. The Morgan fingerprint density at radius 3 is 2.26 bits per heavy atom. The summed E-state index contributed by atoms with van der Waals surface area (Å²) < 4.78 is 53.9. The van der Waals surface area contributed by atoms with Gasteiger partial charge in [-0.1, -0.05) is 35.3 Å². The number of carbonyl (C=O) groups is 1. The van der Waals surface area contributed by atoms with Gasteiger partial charge in [0.1, 0.15) is 0 Å². The zero-order valence-corrected chi connectivity index (χ0v) is 16.0. The Kier molecular flexibility index (Phi) is 6.83. The number of thioether (sulfide) groups is 1. The first-order chi connectivity index (χ1) is 12.5. The molecule has 0 aliphatic heterocycles. The fourth-order valence-corrected chi connectivity index (χ4v) is 3.50. The number of benzene rings is 2. The van der Waals surface area contributed by atoms with Crippen LogP contribution in [0.25, 0.3) is 5.57 Å². The van der Waals surface area contributed by atoms with E-state index in [9.17, 15) is 22.4 Å². The average Bonchev–Trinajstić information content (AvgIpc) is 2.58. The van der Waals surface area contributed by atoms with Crippen molar-refractivity contribution in [2.45, 2.75) is 17.5 Å². The van der Waals surface area contributed by atoms with Gasteiger partial charge in [0, 0.05) is 4.90 Å². The number of halogens is 6. The van der Waals surface area contributed by atoms with Crippen LogP contribution >= 0.6 is 35.0 Å². The third-order valence-electron chi connectivity index (χ3n) is 3.64. The van der Waals surface area contributed by atoms with Crippen molar-refractivity contribution >= 4 is 46.5 Å². The van der Waals surface area contributed by atoms with E-state index in [0.717, 1.165) is 18.2 Å². The molecule has 0 aromatic heterocycles. The molecule has 0 bridgehead atoms. The van der Waals surface area contributed by atoms with Gasteiger partial charge >= 0.3 is 12.1 Å². The summed E-state index contributed by atoms with van der Waals surface area (Å²) >= 11 is 12.4. The van der Waals surface area contributed by atoms with E-state index < -0.39 is 33.6 Å². The van der Waals surface area contributed by atoms with Crippen molar-refractivity contribution in [1.29, 1.82) is 0 Å². The number of hydrogen-bond donors (Lipinski definition) is 1. The molecule has 144 valence electrons. The fraction of sp³-hybridized carbons (Fsp3) is 0.167. The highest BCUT2D eigenvalue weighted by atomic mass is 35.5. The number of carboxylic acid groups (broad SMARTS) is 1. The van der Waals surface area contributed by atoms with E-state index in [0.29, 0.717) is 10.5 Å². The van der Waals surface area contributed by atoms with Gasteiger partial charge in [-0.25, -0.2) is 9.18 Å². The Hall–Kier alpha value is -1.70. The highest BCUT2D eigenvalue weighted by Crippen LogP contribution is 2.37. The Bertz CT molecular complexity index is 888. The topological polar surface area (TPSA) is 37.3 Å². The molecule has 1 N–H and O–H groups in total. The van der Waals surface area contributed by atoms with Gasteiger partial charge in [0.2, 0.25) is 0 Å². The molecule has 2 rings (SSSR count). The number of hydrogen-bond acceptors (Lipinski definition) is 2. The highest BCUT2D eigenvalue weighted by molar-refractivity contribution is 7.98. The van der Waals surface area contributed by atoms with Crippen molar-refractivity contribution in [3.8, 4) is 0 Å². The second kappa shape index (κ2) is 8.54. The number of carboxylic acids is 1. The van der Waals surface area contributed by atoms with Crippen molar-refractivity contribution < 1.29 is 27.5 Å². The summed E-state index contributed by atoms with van der Waals surface area (Å²) in [4.78, 5) is 11.6. The van der Waals surface area contributed by atoms with E-state index in [2.05, 4.69) is 0 Å². The average molecular weight is 439 g/mol. The highest BCUT2D eigenvalue weighted by Gasteiger charge is 2.35. The van der Waals surface area contributed by atoms with E-state index >= 15 is 0 Å². The van der Waals surface area contributed by atoms with Crippen LogP contribution in [0.4, 0.5) is 17.6 Å². The van der Waals surface area contributed by atoms with Gasteiger partial charge < -0.3 is 5.11 Å². The maximum absolute atomic E-state index is 13.5. The third kappa shape index (κ3) is 5.18. The molecule has 0 aliphatic carbocycles. The second-order valence-electron chi connectivity index (χ2n) is 5.41. The maximum Gasteiger partial charge on any atom is 0.416 e. The zero-order valence-electron chi connectivity index (χ0n) is 13.7. The predicted octanol–water partition coefficient (Wildman–Crippen LogP) is 6.74. The van der Waals surface area contributed by atoms with Gasteiger partial charge in [0.05, 0.1) is 21.2 Å². The largest absolute Gasteiger partial charge is 0.478 e. The lowest BCUT2D eigenvalue weighted by molar-refractivity contribution is -0.0690. The van der Waals surface area contributed by atoms with Crippen molar-refractivity contribution in [1.82, 2.24) is 0 Å². The SMILES string of the molecule is CSc1cc(CC=C(c2cc(Cl)c(F)c(Cl)c2)C(F)(F)F)ccc1C(=O)O. The lowest BCUT2D eigenvalue weighted by atomic mass is 10.0. The first-order valence-electron chi connectivity index (χ1n) is 7.37. The summed E-state index contributed by atoms with van der Waals surface area (Å²) in [7, 11) is 0. The van der Waals surface area contributed by atoms with E-state index in [-0.39, 0.29) is 17.5 Å². The van der Waals surface area contributed by atoms with Gasteiger partial charge in [-0.15, -0.1) is 11.8 Å². The maximum atomic E-state index is 13.5. The molecule has 0 atom stereocenters. The normalized spacial score (nSPS) is 12.3. The number of rotatable bonds is 5. The molecule has 0 saturated heterocycles. The summed E-state index contributed by atoms with van der Waals surface area (Å²) in [6.45, 7) is 0. The van der Waals surface area contributed by atoms with Gasteiger partial charge in [0.25, 0.3) is 0 Å². The van der Waals surface area contributed by atoms with Crippen LogP contribution in [0.2, 0.25) is 10.0 Å². The summed E-state index contributed by atoms with van der Waals surface area (Å²) in [6, 6.07) is 6.03. The molecule has 27 heavy (non-hydrogen) atoms. The molecular weight excluding hydrogens is 427 g/mol. The first kappa shape index (κ1) is 21.6. The Morgan fingerprint density at radius 1 is 1.19 bits per heavy atom. The van der Waals surface area contributed by atoms with Crippen LogP contribution in [0.15, 0.2) is 41.3 Å². The molecular formula is C18H12Cl2F4O2S. The van der Waals surface area contributed by atoms with Crippen LogP contribution in [0.1, 0.15) is 21.5 Å². The fourth-order valence-electron chi connectivity index (χ4n) is 2.37. The van der Waals surface area contributed by atoms with E-state index in [1.807, 2.05) is 0 Å². The molecule has 2 aromatic carbocycles. The summed E-state index contributed by atoms with van der Waals surface area (Å²) in [6.07, 6.45) is -2.23. The minimum atomic E-state index is -4.71. The molecule has 2 nitrogen and oxygen atoms in total. The Labute approximate surface area is 166 Å². The lowest BCUT2D eigenvalue weighted by Crippen LogP contribution is -2.11. The molecule has 2 aromatic rings. The minimum Gasteiger partial charge on any atom is -0.478 e. The number of allylic oxidation sites excluding steroid dienone is 2. The van der Waals surface area contributed by atoms with Crippen molar-refractivity contribution in [3.05, 3.63) is 69.0 Å². The molecule has 9 heteroatoms. The third-order valence-corrected chi connectivity index (χ3v) is 4.97. The van der Waals surface area contributed by atoms with Gasteiger partial charge in [-0.2, -0.15) is 13.2 Å². The van der Waals surface area contributed by atoms with Gasteiger partial charge in [-0.05, 0) is 48.1 Å². The summed E-state index contributed by atoms with van der Waals surface area (Å²) in [5, 5.41) is 8.08. The first-order valence-corrected chi connectivity index (χ1v) is 9.35. The molecule has 0 fully saturated rings. The molecule has 0 spiro atoms. The monoisotopic (exact) mass is 438 g/mol. The quantitative estimate of drug-likeness (QED) is 0.319. The summed E-state index contributed by atoms with van der Waals surface area (Å²) in [5.41, 5.74) is -0.806. The minimum absolute atomic E-state index is 0.0726. The predicted molar refractivity (Wildman–Crippen MR) is 99.3 cm³/mol. The van der Waals surface area contributed by atoms with Crippen molar-refractivity contribution in [3.63, 3.8) is 0 Å². The Balaban J connectivity index is 2.45. The zero-order chi connectivity index (χ0) is 20.4. The second-order valence-corrected chi connectivity index (χ2v) is 7.08. The van der Waals surface area contributed by atoms with E-state index in [4.69, 9.17) is 28.3 Å². The summed E-state index contributed by atoms with van der Waals surface area (Å²) in [5.74, 6) is -2.11. The smallest absolute Gasteiger partial charge is 0.416 e. The van der Waals surface area contributed by atoms with Crippen LogP contribution in [-0.4, -0.2) is 23.5 Å². The van der Waals surface area contributed by atoms with Crippen LogP contribution in [0, 0.1) is 5.82 Å². The van der Waals surface area contributed by atoms with Crippen LogP contribution in [-0.2, 0) is 6.42 Å². The number of alkyl halides is 3.